The van der Waals surface area contributed by atoms with Gasteiger partial charge in [-0.05, 0) is 55.3 Å². The van der Waals surface area contributed by atoms with Crippen molar-refractivity contribution in [3.8, 4) is 16.9 Å². The van der Waals surface area contributed by atoms with Crippen molar-refractivity contribution in [1.29, 1.82) is 0 Å². The molecule has 0 saturated carbocycles. The summed E-state index contributed by atoms with van der Waals surface area (Å²) < 4.78 is 5.40. The highest BCUT2D eigenvalue weighted by molar-refractivity contribution is 6.33. The van der Waals surface area contributed by atoms with Crippen LogP contribution in [0.1, 0.15) is 22.8 Å². The highest BCUT2D eigenvalue weighted by atomic mass is 35.5. The van der Waals surface area contributed by atoms with Crippen molar-refractivity contribution in [1.82, 2.24) is 0 Å². The molecule has 0 amide bonds. The van der Waals surface area contributed by atoms with Crippen LogP contribution in [0.15, 0.2) is 36.4 Å². The minimum Gasteiger partial charge on any atom is -0.494 e. The van der Waals surface area contributed by atoms with Gasteiger partial charge in [-0.3, -0.25) is 0 Å². The fourth-order valence-electron chi connectivity index (χ4n) is 2.07. The van der Waals surface area contributed by atoms with Gasteiger partial charge in [-0.2, -0.15) is 0 Å². The predicted octanol–water partition coefficient (Wildman–Crippen LogP) is 4.41. The van der Waals surface area contributed by atoms with Gasteiger partial charge < -0.3 is 9.84 Å². The summed E-state index contributed by atoms with van der Waals surface area (Å²) in [5.74, 6) is -0.210. The van der Waals surface area contributed by atoms with Gasteiger partial charge >= 0.3 is 5.97 Å². The number of aryl methyl sites for hydroxylation is 1. The van der Waals surface area contributed by atoms with Crippen molar-refractivity contribution in [2.24, 2.45) is 0 Å². The molecular weight excluding hydrogens is 276 g/mol. The number of carboxylic acids is 1. The number of ether oxygens (including phenoxy) is 1. The van der Waals surface area contributed by atoms with Gasteiger partial charge in [0.05, 0.1) is 17.2 Å². The first-order valence-corrected chi connectivity index (χ1v) is 6.67. The Hall–Kier alpha value is -2.00. The Morgan fingerprint density at radius 2 is 1.90 bits per heavy atom. The SMILES string of the molecule is CCOc1ccc(-c2ccc(C(=O)O)cc2C)c(Cl)c1. The van der Waals surface area contributed by atoms with E-state index in [1.54, 1.807) is 24.3 Å². The molecule has 0 fully saturated rings. The number of carbonyl (C=O) groups is 1. The zero-order valence-corrected chi connectivity index (χ0v) is 12.1. The second kappa shape index (κ2) is 5.97. The molecule has 0 heterocycles. The summed E-state index contributed by atoms with van der Waals surface area (Å²) in [5.41, 5.74) is 2.93. The Labute approximate surface area is 122 Å². The predicted molar refractivity (Wildman–Crippen MR) is 79.8 cm³/mol. The Kier molecular flexibility index (Phi) is 4.30. The Morgan fingerprint density at radius 1 is 1.20 bits per heavy atom. The van der Waals surface area contributed by atoms with E-state index in [9.17, 15) is 4.79 Å². The van der Waals surface area contributed by atoms with Gasteiger partial charge in [-0.1, -0.05) is 17.7 Å². The van der Waals surface area contributed by atoms with E-state index in [1.807, 2.05) is 26.0 Å². The molecule has 0 aromatic heterocycles. The van der Waals surface area contributed by atoms with Crippen LogP contribution in [0.3, 0.4) is 0 Å². The van der Waals surface area contributed by atoms with Crippen LogP contribution in [0.25, 0.3) is 11.1 Å². The number of benzene rings is 2. The van der Waals surface area contributed by atoms with Crippen molar-refractivity contribution < 1.29 is 14.6 Å². The van der Waals surface area contributed by atoms with Crippen LogP contribution in [0.4, 0.5) is 0 Å². The first-order valence-electron chi connectivity index (χ1n) is 6.29. The summed E-state index contributed by atoms with van der Waals surface area (Å²) in [5, 5.41) is 9.56. The minimum atomic E-state index is -0.933. The largest absolute Gasteiger partial charge is 0.494 e. The molecule has 0 unspecified atom stereocenters. The van der Waals surface area contributed by atoms with Crippen LogP contribution in [0, 0.1) is 6.92 Å². The van der Waals surface area contributed by atoms with Crippen molar-refractivity contribution in [3.63, 3.8) is 0 Å². The molecule has 1 N–H and O–H groups in total. The summed E-state index contributed by atoms with van der Waals surface area (Å²) in [7, 11) is 0. The maximum absolute atomic E-state index is 10.9. The zero-order valence-electron chi connectivity index (χ0n) is 11.3. The quantitative estimate of drug-likeness (QED) is 0.907. The van der Waals surface area contributed by atoms with E-state index >= 15 is 0 Å². The van der Waals surface area contributed by atoms with E-state index in [-0.39, 0.29) is 5.56 Å². The van der Waals surface area contributed by atoms with Gasteiger partial charge in [0.1, 0.15) is 5.75 Å². The summed E-state index contributed by atoms with van der Waals surface area (Å²) in [6.07, 6.45) is 0. The zero-order chi connectivity index (χ0) is 14.7. The first kappa shape index (κ1) is 14.4. The normalized spacial score (nSPS) is 10.3. The lowest BCUT2D eigenvalue weighted by Crippen LogP contribution is -1.97. The average Bonchev–Trinajstić information content (AvgIpc) is 2.40. The van der Waals surface area contributed by atoms with Gasteiger partial charge in [0.25, 0.3) is 0 Å². The van der Waals surface area contributed by atoms with Crippen LogP contribution in [-0.4, -0.2) is 17.7 Å². The molecule has 2 aromatic rings. The highest BCUT2D eigenvalue weighted by Crippen LogP contribution is 2.33. The Morgan fingerprint density at radius 3 is 2.45 bits per heavy atom. The third-order valence-corrected chi connectivity index (χ3v) is 3.33. The molecule has 0 aliphatic carbocycles. The van der Waals surface area contributed by atoms with Crippen molar-refractivity contribution >= 4 is 17.6 Å². The van der Waals surface area contributed by atoms with E-state index in [0.29, 0.717) is 11.6 Å². The van der Waals surface area contributed by atoms with Gasteiger partial charge in [-0.25, -0.2) is 4.79 Å². The molecular formula is C16H15ClO3. The topological polar surface area (TPSA) is 46.5 Å². The first-order chi connectivity index (χ1) is 9.52. The molecule has 0 atom stereocenters. The molecule has 0 spiro atoms. The molecule has 0 aliphatic rings. The summed E-state index contributed by atoms with van der Waals surface area (Å²) in [6, 6.07) is 10.5. The highest BCUT2D eigenvalue weighted by Gasteiger charge is 2.10. The smallest absolute Gasteiger partial charge is 0.335 e. The summed E-state index contributed by atoms with van der Waals surface area (Å²) in [6.45, 7) is 4.37. The van der Waals surface area contributed by atoms with Crippen LogP contribution in [0.5, 0.6) is 5.75 Å². The molecule has 0 saturated heterocycles. The molecule has 0 radical (unpaired) electrons. The fraction of sp³-hybridized carbons (Fsp3) is 0.188. The molecule has 4 heteroatoms. The lowest BCUT2D eigenvalue weighted by atomic mass is 9.98. The van der Waals surface area contributed by atoms with Crippen LogP contribution >= 0.6 is 11.6 Å². The van der Waals surface area contributed by atoms with E-state index in [4.69, 9.17) is 21.4 Å². The van der Waals surface area contributed by atoms with Crippen LogP contribution < -0.4 is 4.74 Å². The molecule has 2 rings (SSSR count). The maximum Gasteiger partial charge on any atom is 0.335 e. The Balaban J connectivity index is 2.44. The average molecular weight is 291 g/mol. The van der Waals surface area contributed by atoms with Crippen molar-refractivity contribution in [2.45, 2.75) is 13.8 Å². The molecule has 2 aromatic carbocycles. The van der Waals surface area contributed by atoms with Gasteiger partial charge in [0.15, 0.2) is 0 Å². The minimum absolute atomic E-state index is 0.272. The van der Waals surface area contributed by atoms with Gasteiger partial charge in [0.2, 0.25) is 0 Å². The lowest BCUT2D eigenvalue weighted by molar-refractivity contribution is 0.0697. The standard InChI is InChI=1S/C16H15ClO3/c1-3-20-12-5-7-14(15(17)9-12)13-6-4-11(16(18)19)8-10(13)2/h4-9H,3H2,1-2H3,(H,18,19). The lowest BCUT2D eigenvalue weighted by Gasteiger charge is -2.11. The van der Waals surface area contributed by atoms with Crippen molar-refractivity contribution in [2.75, 3.05) is 6.61 Å². The van der Waals surface area contributed by atoms with Gasteiger partial charge in [-0.15, -0.1) is 0 Å². The van der Waals surface area contributed by atoms with E-state index < -0.39 is 5.97 Å². The molecule has 20 heavy (non-hydrogen) atoms. The van der Waals surface area contributed by atoms with Crippen LogP contribution in [-0.2, 0) is 0 Å². The number of carboxylic acid groups (broad SMARTS) is 1. The Bertz CT molecular complexity index is 650. The third-order valence-electron chi connectivity index (χ3n) is 3.02. The molecule has 0 bridgehead atoms. The number of hydrogen-bond acceptors (Lipinski definition) is 2. The molecule has 104 valence electrons. The number of rotatable bonds is 4. The third kappa shape index (κ3) is 2.94. The summed E-state index contributed by atoms with van der Waals surface area (Å²) >= 11 is 6.28. The second-order valence-corrected chi connectivity index (χ2v) is 4.82. The number of hydrogen-bond donors (Lipinski definition) is 1. The number of halogens is 1. The summed E-state index contributed by atoms with van der Waals surface area (Å²) in [4.78, 5) is 10.9. The fourth-order valence-corrected chi connectivity index (χ4v) is 2.34. The van der Waals surface area contributed by atoms with E-state index in [0.717, 1.165) is 22.4 Å². The molecule has 3 nitrogen and oxygen atoms in total. The monoisotopic (exact) mass is 290 g/mol. The second-order valence-electron chi connectivity index (χ2n) is 4.41. The van der Waals surface area contributed by atoms with E-state index in [1.165, 1.54) is 0 Å². The molecule has 0 aliphatic heterocycles. The van der Waals surface area contributed by atoms with Crippen molar-refractivity contribution in [3.05, 3.63) is 52.5 Å². The maximum atomic E-state index is 10.9. The van der Waals surface area contributed by atoms with E-state index in [2.05, 4.69) is 0 Å². The van der Waals surface area contributed by atoms with Crippen LogP contribution in [0.2, 0.25) is 5.02 Å². The number of aromatic carboxylic acids is 1. The van der Waals surface area contributed by atoms with Gasteiger partial charge in [0, 0.05) is 5.56 Å².